The Balaban J connectivity index is 1.65. The Morgan fingerprint density at radius 2 is 1.50 bits per heavy atom. The molecule has 212 valence electrons. The average Bonchev–Trinajstić information content (AvgIpc) is 2.84. The molecule has 0 unspecified atom stereocenters. The molecule has 0 radical (unpaired) electrons. The zero-order valence-electron chi connectivity index (χ0n) is 24.1. The van der Waals surface area contributed by atoms with Crippen molar-refractivity contribution in [3.8, 4) is 11.5 Å². The van der Waals surface area contributed by atoms with Crippen LogP contribution in [0.25, 0.3) is 0 Å². The highest BCUT2D eigenvalue weighted by atomic mass is 79.9. The Morgan fingerprint density at radius 1 is 0.925 bits per heavy atom. The fourth-order valence-corrected chi connectivity index (χ4v) is 7.00. The first-order valence-corrected chi connectivity index (χ1v) is 14.7. The number of hydrogen-bond acceptors (Lipinski definition) is 5. The monoisotopic (exact) mass is 609 g/mol. The summed E-state index contributed by atoms with van der Waals surface area (Å²) in [6.45, 7) is 10.8. The Hall–Kier alpha value is -2.93. The minimum atomic E-state index is -0.482. The third-order valence-corrected chi connectivity index (χ3v) is 8.76. The molecule has 0 N–H and O–H groups in total. The van der Waals surface area contributed by atoms with E-state index in [4.69, 9.17) is 9.47 Å². The molecule has 0 atom stereocenters. The third-order valence-electron chi connectivity index (χ3n) is 8.17. The fraction of sp³-hybridized carbons (Fsp3) is 0.455. The van der Waals surface area contributed by atoms with E-state index in [0.717, 1.165) is 29.8 Å². The lowest BCUT2D eigenvalue weighted by Gasteiger charge is -2.48. The molecule has 5 rings (SSSR count). The van der Waals surface area contributed by atoms with E-state index in [1.54, 1.807) is 18.2 Å². The second kappa shape index (κ2) is 10.5. The number of rotatable bonds is 6. The lowest BCUT2D eigenvalue weighted by atomic mass is 9.64. The van der Waals surface area contributed by atoms with Gasteiger partial charge in [0.1, 0.15) is 12.4 Å². The summed E-state index contributed by atoms with van der Waals surface area (Å²) in [6, 6.07) is 10.3. The van der Waals surface area contributed by atoms with Gasteiger partial charge in [-0.1, -0.05) is 45.9 Å². The highest BCUT2D eigenvalue weighted by Crippen LogP contribution is 2.55. The summed E-state index contributed by atoms with van der Waals surface area (Å²) >= 11 is 3.67. The molecule has 3 aliphatic rings. The molecule has 0 saturated heterocycles. The van der Waals surface area contributed by atoms with Crippen molar-refractivity contribution in [3.05, 3.63) is 80.4 Å². The van der Waals surface area contributed by atoms with E-state index < -0.39 is 5.92 Å². The van der Waals surface area contributed by atoms with Crippen molar-refractivity contribution in [2.24, 2.45) is 10.8 Å². The number of nitrogens with zero attached hydrogens (tertiary/aromatic N) is 1. The van der Waals surface area contributed by atoms with E-state index >= 15 is 0 Å². The number of halogens is 2. The molecule has 0 bridgehead atoms. The lowest BCUT2D eigenvalue weighted by molar-refractivity contribution is -0.119. The van der Waals surface area contributed by atoms with E-state index in [2.05, 4.69) is 48.5 Å². The smallest absolute Gasteiger partial charge is 0.175 e. The molecular weight excluding hydrogens is 573 g/mol. The van der Waals surface area contributed by atoms with Crippen molar-refractivity contribution in [1.29, 1.82) is 0 Å². The van der Waals surface area contributed by atoms with Crippen LogP contribution in [0.5, 0.6) is 11.5 Å². The molecule has 0 aromatic heterocycles. The molecule has 0 spiro atoms. The van der Waals surface area contributed by atoms with Crippen LogP contribution in [0.4, 0.5) is 4.39 Å². The van der Waals surface area contributed by atoms with E-state index in [-0.39, 0.29) is 34.8 Å². The van der Waals surface area contributed by atoms with Crippen LogP contribution in [0.15, 0.2) is 63.4 Å². The maximum absolute atomic E-state index is 14.3. The summed E-state index contributed by atoms with van der Waals surface area (Å²) in [5, 5.41) is 0. The van der Waals surface area contributed by atoms with Crippen LogP contribution in [0.2, 0.25) is 0 Å². The first-order valence-electron chi connectivity index (χ1n) is 13.9. The van der Waals surface area contributed by atoms with E-state index in [1.165, 1.54) is 6.07 Å². The number of allylic oxidation sites excluding steroid dienone is 4. The van der Waals surface area contributed by atoms with Crippen LogP contribution < -0.4 is 9.47 Å². The summed E-state index contributed by atoms with van der Waals surface area (Å²) in [5.74, 6) is 0.291. The largest absolute Gasteiger partial charge is 0.490 e. The number of ether oxygens (including phenoxy) is 2. The highest BCUT2D eigenvalue weighted by molar-refractivity contribution is 9.10. The van der Waals surface area contributed by atoms with Crippen LogP contribution in [-0.4, -0.2) is 30.1 Å². The van der Waals surface area contributed by atoms with Gasteiger partial charge in [-0.3, -0.25) is 9.59 Å². The average molecular weight is 611 g/mol. The summed E-state index contributed by atoms with van der Waals surface area (Å²) < 4.78 is 27.0. The van der Waals surface area contributed by atoms with Crippen LogP contribution in [0, 0.1) is 16.6 Å². The van der Waals surface area contributed by atoms with Crippen LogP contribution in [0.3, 0.4) is 0 Å². The zero-order valence-corrected chi connectivity index (χ0v) is 25.7. The van der Waals surface area contributed by atoms with Gasteiger partial charge in [0.2, 0.25) is 0 Å². The predicted octanol–water partition coefficient (Wildman–Crippen LogP) is 7.88. The van der Waals surface area contributed by atoms with Gasteiger partial charge in [0.15, 0.2) is 23.1 Å². The van der Waals surface area contributed by atoms with Crippen molar-refractivity contribution in [2.75, 3.05) is 13.7 Å². The molecule has 1 aliphatic heterocycles. The lowest BCUT2D eigenvalue weighted by Crippen LogP contribution is -2.43. The summed E-state index contributed by atoms with van der Waals surface area (Å²) in [7, 11) is 2.01. The second-order valence-electron chi connectivity index (χ2n) is 12.7. The summed E-state index contributed by atoms with van der Waals surface area (Å²) in [6.07, 6.45) is 2.38. The molecule has 0 saturated carbocycles. The Labute approximate surface area is 244 Å². The van der Waals surface area contributed by atoms with Gasteiger partial charge < -0.3 is 14.4 Å². The van der Waals surface area contributed by atoms with Gasteiger partial charge in [-0.25, -0.2) is 4.39 Å². The molecule has 0 fully saturated rings. The van der Waals surface area contributed by atoms with Gasteiger partial charge >= 0.3 is 0 Å². The van der Waals surface area contributed by atoms with Gasteiger partial charge in [-0.2, -0.15) is 0 Å². The normalized spacial score (nSPS) is 20.4. The molecular formula is C33H37BrFNO4. The second-order valence-corrected chi connectivity index (χ2v) is 13.6. The van der Waals surface area contributed by atoms with Crippen LogP contribution in [0.1, 0.15) is 77.3 Å². The zero-order chi connectivity index (χ0) is 29.0. The van der Waals surface area contributed by atoms with E-state index in [1.807, 2.05) is 26.1 Å². The first-order chi connectivity index (χ1) is 18.8. The van der Waals surface area contributed by atoms with Crippen molar-refractivity contribution < 1.29 is 23.5 Å². The SMILES string of the molecule is CCOc1cc(C2C3=C(CC(C)(C)CC3=O)N(C)C3=C2C(=O)CC(C)(C)C3)cc(Br)c1OCc1ccccc1F. The maximum atomic E-state index is 14.3. The van der Waals surface area contributed by atoms with Crippen LogP contribution in [-0.2, 0) is 16.2 Å². The Bertz CT molecular complexity index is 1400. The quantitative estimate of drug-likeness (QED) is 0.333. The minimum Gasteiger partial charge on any atom is -0.490 e. The molecule has 1 heterocycles. The molecule has 40 heavy (non-hydrogen) atoms. The van der Waals surface area contributed by atoms with Gasteiger partial charge in [0.05, 0.1) is 11.1 Å². The standard InChI is InChI=1S/C33H37BrFNO4/c1-7-39-27-13-20(12-21(34)31(27)40-18-19-10-8-9-11-22(19)35)28-29-23(14-32(2,3)16-25(29)37)36(6)24-15-33(4,5)17-26(38)30(24)28/h8-13,28H,7,14-18H2,1-6H3. The van der Waals surface area contributed by atoms with Crippen molar-refractivity contribution in [3.63, 3.8) is 0 Å². The molecule has 2 aromatic rings. The van der Waals surface area contributed by atoms with E-state index in [0.29, 0.717) is 52.1 Å². The fourth-order valence-electron chi connectivity index (χ4n) is 6.42. The minimum absolute atomic E-state index is 0.0324. The Morgan fingerprint density at radius 3 is 2.05 bits per heavy atom. The number of hydrogen-bond donors (Lipinski definition) is 0. The predicted molar refractivity (Wildman–Crippen MR) is 157 cm³/mol. The summed E-state index contributed by atoms with van der Waals surface area (Å²) in [4.78, 5) is 29.8. The molecule has 2 aliphatic carbocycles. The molecule has 0 amide bonds. The van der Waals surface area contributed by atoms with Crippen molar-refractivity contribution in [1.82, 2.24) is 4.90 Å². The topological polar surface area (TPSA) is 55.8 Å². The summed E-state index contributed by atoms with van der Waals surface area (Å²) in [5.41, 5.74) is 4.35. The number of benzene rings is 2. The molecule has 2 aromatic carbocycles. The number of Topliss-reactive ketones (excluding diaryl/α,β-unsaturated/α-hetero) is 2. The highest BCUT2D eigenvalue weighted by Gasteiger charge is 2.48. The van der Waals surface area contributed by atoms with Crippen molar-refractivity contribution >= 4 is 27.5 Å². The van der Waals surface area contributed by atoms with Gasteiger partial charge in [0, 0.05) is 53.9 Å². The van der Waals surface area contributed by atoms with Gasteiger partial charge in [-0.05, 0) is 70.3 Å². The number of ketones is 2. The van der Waals surface area contributed by atoms with Gasteiger partial charge in [-0.15, -0.1) is 0 Å². The number of carbonyl (C=O) groups excluding carboxylic acids is 2. The molecule has 7 heteroatoms. The first kappa shape index (κ1) is 28.6. The maximum Gasteiger partial charge on any atom is 0.175 e. The third kappa shape index (κ3) is 5.25. The van der Waals surface area contributed by atoms with Gasteiger partial charge in [0.25, 0.3) is 0 Å². The van der Waals surface area contributed by atoms with Crippen molar-refractivity contribution in [2.45, 2.75) is 72.8 Å². The van der Waals surface area contributed by atoms with E-state index in [9.17, 15) is 14.0 Å². The van der Waals surface area contributed by atoms with Crippen LogP contribution >= 0.6 is 15.9 Å². The molecule has 5 nitrogen and oxygen atoms in total. The number of carbonyl (C=O) groups is 2. The Kier molecular flexibility index (Phi) is 7.49.